The number of aliphatic hydroxyl groups excluding tert-OH is 1. The van der Waals surface area contributed by atoms with Crippen LogP contribution in [0.25, 0.3) is 0 Å². The minimum Gasteiger partial charge on any atom is -0.390 e. The Morgan fingerprint density at radius 1 is 1.41 bits per heavy atom. The number of hydrogen-bond acceptors (Lipinski definition) is 2. The predicted molar refractivity (Wildman–Crippen MR) is 68.9 cm³/mol. The molecule has 0 aromatic heterocycles. The molecule has 0 bridgehead atoms. The van der Waals surface area contributed by atoms with Crippen LogP contribution >= 0.6 is 0 Å². The van der Waals surface area contributed by atoms with Gasteiger partial charge in [0.05, 0.1) is 12.7 Å². The first kappa shape index (κ1) is 12.6. The van der Waals surface area contributed by atoms with E-state index in [2.05, 4.69) is 32.0 Å². The lowest BCUT2D eigenvalue weighted by atomic mass is 9.90. The number of hydrogen-bond donors (Lipinski definition) is 1. The fourth-order valence-electron chi connectivity index (χ4n) is 2.45. The molecule has 2 nitrogen and oxygen atoms in total. The van der Waals surface area contributed by atoms with E-state index in [1.807, 2.05) is 6.07 Å². The van der Waals surface area contributed by atoms with Gasteiger partial charge in [0.2, 0.25) is 0 Å². The van der Waals surface area contributed by atoms with Gasteiger partial charge in [-0.05, 0) is 29.9 Å². The number of ether oxygens (including phenoxy) is 1. The molecule has 1 aliphatic rings. The Morgan fingerprint density at radius 3 is 2.94 bits per heavy atom. The van der Waals surface area contributed by atoms with Crippen molar-refractivity contribution in [3.05, 3.63) is 35.4 Å². The van der Waals surface area contributed by atoms with Crippen LogP contribution in [0.4, 0.5) is 0 Å². The maximum atomic E-state index is 10.3. The fraction of sp³-hybridized carbons (Fsp3) is 0.600. The summed E-state index contributed by atoms with van der Waals surface area (Å²) in [7, 11) is 0. The van der Waals surface area contributed by atoms with Crippen molar-refractivity contribution in [2.45, 2.75) is 45.3 Å². The van der Waals surface area contributed by atoms with Gasteiger partial charge < -0.3 is 9.84 Å². The average molecular weight is 234 g/mol. The van der Waals surface area contributed by atoms with Crippen molar-refractivity contribution in [1.82, 2.24) is 0 Å². The van der Waals surface area contributed by atoms with Gasteiger partial charge in [0.1, 0.15) is 6.10 Å². The molecule has 1 heterocycles. The summed E-state index contributed by atoms with van der Waals surface area (Å²) in [5, 5.41) is 10.3. The van der Waals surface area contributed by atoms with Gasteiger partial charge >= 0.3 is 0 Å². The molecule has 0 aliphatic carbocycles. The van der Waals surface area contributed by atoms with Crippen molar-refractivity contribution >= 4 is 0 Å². The molecule has 0 radical (unpaired) electrons. The lowest BCUT2D eigenvalue weighted by molar-refractivity contribution is -0.0546. The number of rotatable bonds is 4. The van der Waals surface area contributed by atoms with Gasteiger partial charge in [-0.25, -0.2) is 0 Å². The summed E-state index contributed by atoms with van der Waals surface area (Å²) >= 11 is 0. The molecule has 1 aromatic carbocycles. The lowest BCUT2D eigenvalue weighted by Gasteiger charge is -2.30. The van der Waals surface area contributed by atoms with Crippen LogP contribution in [0.3, 0.4) is 0 Å². The van der Waals surface area contributed by atoms with E-state index in [0.29, 0.717) is 5.92 Å². The standard InChI is InChI=1S/C15H22O2/c1-3-11(2)10-14(16)15-13-7-5-4-6-12(13)8-9-17-15/h4-7,11,14-16H,3,8-10H2,1-2H3. The second-order valence-electron chi connectivity index (χ2n) is 5.06. The highest BCUT2D eigenvalue weighted by atomic mass is 16.5. The zero-order chi connectivity index (χ0) is 12.3. The van der Waals surface area contributed by atoms with Crippen LogP contribution in [-0.2, 0) is 11.2 Å². The highest BCUT2D eigenvalue weighted by Gasteiger charge is 2.27. The van der Waals surface area contributed by atoms with Crippen molar-refractivity contribution in [1.29, 1.82) is 0 Å². The summed E-state index contributed by atoms with van der Waals surface area (Å²) in [5.41, 5.74) is 2.50. The van der Waals surface area contributed by atoms with Crippen LogP contribution in [0.1, 0.15) is 43.9 Å². The monoisotopic (exact) mass is 234 g/mol. The largest absolute Gasteiger partial charge is 0.390 e. The molecule has 94 valence electrons. The Bertz CT molecular complexity index is 362. The zero-order valence-corrected chi connectivity index (χ0v) is 10.7. The topological polar surface area (TPSA) is 29.5 Å². The maximum Gasteiger partial charge on any atom is 0.109 e. The lowest BCUT2D eigenvalue weighted by Crippen LogP contribution is -2.28. The summed E-state index contributed by atoms with van der Waals surface area (Å²) in [6, 6.07) is 8.30. The molecule has 1 aromatic rings. The van der Waals surface area contributed by atoms with Crippen molar-refractivity contribution in [3.63, 3.8) is 0 Å². The van der Waals surface area contributed by atoms with Crippen LogP contribution in [0.5, 0.6) is 0 Å². The molecular formula is C15H22O2. The van der Waals surface area contributed by atoms with Crippen molar-refractivity contribution < 1.29 is 9.84 Å². The molecule has 17 heavy (non-hydrogen) atoms. The van der Waals surface area contributed by atoms with Crippen LogP contribution in [0.15, 0.2) is 24.3 Å². The van der Waals surface area contributed by atoms with Gasteiger partial charge in [-0.1, -0.05) is 44.5 Å². The highest BCUT2D eigenvalue weighted by molar-refractivity contribution is 5.31. The predicted octanol–water partition coefficient (Wildman–Crippen LogP) is 3.10. The van der Waals surface area contributed by atoms with E-state index in [9.17, 15) is 5.11 Å². The summed E-state index contributed by atoms with van der Waals surface area (Å²) in [5.74, 6) is 0.544. The third-order valence-electron chi connectivity index (χ3n) is 3.72. The van der Waals surface area contributed by atoms with Crippen LogP contribution in [0, 0.1) is 5.92 Å². The SMILES string of the molecule is CCC(C)CC(O)C1OCCc2ccccc21. The molecule has 1 aliphatic heterocycles. The minimum absolute atomic E-state index is 0.131. The molecule has 0 saturated carbocycles. The van der Waals surface area contributed by atoms with Crippen LogP contribution in [-0.4, -0.2) is 17.8 Å². The number of fused-ring (bicyclic) bond motifs is 1. The van der Waals surface area contributed by atoms with Crippen molar-refractivity contribution in [2.75, 3.05) is 6.61 Å². The molecule has 3 unspecified atom stereocenters. The van der Waals surface area contributed by atoms with Gasteiger partial charge in [-0.3, -0.25) is 0 Å². The quantitative estimate of drug-likeness (QED) is 0.867. The van der Waals surface area contributed by atoms with E-state index in [1.54, 1.807) is 0 Å². The molecule has 2 heteroatoms. The van der Waals surface area contributed by atoms with Gasteiger partial charge in [0.15, 0.2) is 0 Å². The minimum atomic E-state index is -0.383. The summed E-state index contributed by atoms with van der Waals surface area (Å²) in [6.07, 6.45) is 2.37. The molecule has 2 rings (SSSR count). The Labute approximate surface area is 104 Å². The average Bonchev–Trinajstić information content (AvgIpc) is 2.37. The van der Waals surface area contributed by atoms with E-state index in [1.165, 1.54) is 11.1 Å². The smallest absolute Gasteiger partial charge is 0.109 e. The summed E-state index contributed by atoms with van der Waals surface area (Å²) in [6.45, 7) is 5.06. The third-order valence-corrected chi connectivity index (χ3v) is 3.72. The fourth-order valence-corrected chi connectivity index (χ4v) is 2.45. The second-order valence-corrected chi connectivity index (χ2v) is 5.06. The van der Waals surface area contributed by atoms with E-state index < -0.39 is 0 Å². The first-order valence-electron chi connectivity index (χ1n) is 6.59. The highest BCUT2D eigenvalue weighted by Crippen LogP contribution is 2.32. The third kappa shape index (κ3) is 2.88. The maximum absolute atomic E-state index is 10.3. The van der Waals surface area contributed by atoms with E-state index in [4.69, 9.17) is 4.74 Å². The summed E-state index contributed by atoms with van der Waals surface area (Å²) < 4.78 is 5.76. The van der Waals surface area contributed by atoms with Crippen molar-refractivity contribution in [3.8, 4) is 0 Å². The van der Waals surface area contributed by atoms with Gasteiger partial charge in [0.25, 0.3) is 0 Å². The second kappa shape index (κ2) is 5.65. The molecule has 1 N–H and O–H groups in total. The molecule has 0 fully saturated rings. The molecular weight excluding hydrogens is 212 g/mol. The van der Waals surface area contributed by atoms with E-state index in [-0.39, 0.29) is 12.2 Å². The van der Waals surface area contributed by atoms with Crippen LogP contribution in [0.2, 0.25) is 0 Å². The van der Waals surface area contributed by atoms with Crippen LogP contribution < -0.4 is 0 Å². The Balaban J connectivity index is 2.12. The normalized spacial score (nSPS) is 22.9. The number of benzene rings is 1. The molecule has 0 amide bonds. The van der Waals surface area contributed by atoms with Gasteiger partial charge in [-0.15, -0.1) is 0 Å². The van der Waals surface area contributed by atoms with Gasteiger partial charge in [-0.2, -0.15) is 0 Å². The van der Waals surface area contributed by atoms with E-state index >= 15 is 0 Å². The first-order valence-corrected chi connectivity index (χ1v) is 6.59. The Morgan fingerprint density at radius 2 is 2.18 bits per heavy atom. The molecule has 0 spiro atoms. The molecule has 0 saturated heterocycles. The van der Waals surface area contributed by atoms with Gasteiger partial charge in [0, 0.05) is 0 Å². The first-order chi connectivity index (χ1) is 8.22. The number of aliphatic hydroxyl groups is 1. The molecule has 3 atom stereocenters. The summed E-state index contributed by atoms with van der Waals surface area (Å²) in [4.78, 5) is 0. The zero-order valence-electron chi connectivity index (χ0n) is 10.7. The Kier molecular flexibility index (Phi) is 4.19. The van der Waals surface area contributed by atoms with Crippen molar-refractivity contribution in [2.24, 2.45) is 5.92 Å². The Hall–Kier alpha value is -0.860. The van der Waals surface area contributed by atoms with E-state index in [0.717, 1.165) is 25.9 Å².